The Morgan fingerprint density at radius 3 is 2.47 bits per heavy atom. The van der Waals surface area contributed by atoms with Crippen LogP contribution in [0.2, 0.25) is 5.02 Å². The van der Waals surface area contributed by atoms with Crippen molar-refractivity contribution in [2.45, 2.75) is 39.0 Å². The number of hydrogen-bond acceptors (Lipinski definition) is 3. The molecule has 0 heterocycles. The molecule has 0 saturated carbocycles. The maximum atomic E-state index is 12.4. The highest BCUT2D eigenvalue weighted by atomic mass is 79.9. The first-order chi connectivity index (χ1) is 8.61. The fraction of sp³-hybridized carbons (Fsp3) is 0.500. The second kappa shape index (κ2) is 6.24. The van der Waals surface area contributed by atoms with Crippen LogP contribution in [0.15, 0.2) is 16.6 Å². The molecule has 0 aromatic heterocycles. The van der Waals surface area contributed by atoms with E-state index in [2.05, 4.69) is 26.0 Å². The Morgan fingerprint density at radius 2 is 2.00 bits per heavy atom. The molecular weight excluding hydrogens is 343 g/mol. The van der Waals surface area contributed by atoms with Crippen molar-refractivity contribution in [3.05, 3.63) is 21.6 Å². The first-order valence-corrected chi connectivity index (χ1v) is 6.71. The third-order valence-corrected chi connectivity index (χ3v) is 3.45. The second-order valence-electron chi connectivity index (χ2n) is 4.66. The Bertz CT molecular complexity index is 452. The van der Waals surface area contributed by atoms with Crippen LogP contribution < -0.4 is 10.1 Å². The third kappa shape index (κ3) is 4.78. The van der Waals surface area contributed by atoms with Crippen molar-refractivity contribution in [2.75, 3.05) is 5.32 Å². The quantitative estimate of drug-likeness (QED) is 0.826. The van der Waals surface area contributed by atoms with Crippen molar-refractivity contribution < 1.29 is 18.6 Å². The molecular formula is C12H15BrClF2NO2. The van der Waals surface area contributed by atoms with Crippen molar-refractivity contribution in [1.82, 2.24) is 0 Å². The van der Waals surface area contributed by atoms with E-state index in [4.69, 9.17) is 11.6 Å². The minimum atomic E-state index is -2.95. The van der Waals surface area contributed by atoms with Crippen molar-refractivity contribution >= 4 is 33.2 Å². The van der Waals surface area contributed by atoms with Crippen molar-refractivity contribution in [2.24, 2.45) is 0 Å². The molecule has 19 heavy (non-hydrogen) atoms. The molecule has 3 nitrogen and oxygen atoms in total. The molecule has 0 bridgehead atoms. The highest BCUT2D eigenvalue weighted by Crippen LogP contribution is 2.38. The summed E-state index contributed by atoms with van der Waals surface area (Å²) in [5, 5.41) is 13.1. The molecule has 0 aliphatic carbocycles. The molecule has 0 spiro atoms. The van der Waals surface area contributed by atoms with Crippen LogP contribution >= 0.6 is 27.5 Å². The summed E-state index contributed by atoms with van der Waals surface area (Å²) in [5.74, 6) is -0.0458. The minimum Gasteiger partial charge on any atom is -0.431 e. The van der Waals surface area contributed by atoms with Gasteiger partial charge >= 0.3 is 6.61 Å². The van der Waals surface area contributed by atoms with Crippen LogP contribution in [0.3, 0.4) is 0 Å². The molecule has 0 saturated heterocycles. The van der Waals surface area contributed by atoms with Crippen LogP contribution in [-0.4, -0.2) is 23.4 Å². The maximum Gasteiger partial charge on any atom is 0.387 e. The summed E-state index contributed by atoms with van der Waals surface area (Å²) in [4.78, 5) is 0. The number of ether oxygens (including phenoxy) is 1. The fourth-order valence-corrected chi connectivity index (χ4v) is 2.19. The van der Waals surface area contributed by atoms with Gasteiger partial charge in [-0.1, -0.05) is 11.6 Å². The first kappa shape index (κ1) is 16.5. The maximum absolute atomic E-state index is 12.4. The van der Waals surface area contributed by atoms with Crippen LogP contribution in [0.5, 0.6) is 5.75 Å². The first-order valence-electron chi connectivity index (χ1n) is 5.54. The molecule has 1 atom stereocenters. The zero-order valence-electron chi connectivity index (χ0n) is 10.7. The molecule has 7 heteroatoms. The number of hydrogen-bond donors (Lipinski definition) is 2. The van der Waals surface area contributed by atoms with E-state index in [1.165, 1.54) is 12.1 Å². The Kier molecular flexibility index (Phi) is 5.41. The minimum absolute atomic E-state index is 0.0458. The molecule has 0 radical (unpaired) electrons. The average Bonchev–Trinajstić information content (AvgIpc) is 2.21. The normalized spacial score (nSPS) is 13.5. The monoisotopic (exact) mass is 357 g/mol. The number of aliphatic hydroxyl groups is 1. The SMILES string of the molecule is CC(Nc1cc(Cl)cc(Br)c1OC(F)F)C(C)(C)O. The second-order valence-corrected chi connectivity index (χ2v) is 5.95. The molecule has 2 N–H and O–H groups in total. The topological polar surface area (TPSA) is 41.5 Å². The van der Waals surface area contributed by atoms with Gasteiger partial charge in [-0.25, -0.2) is 0 Å². The number of anilines is 1. The van der Waals surface area contributed by atoms with E-state index in [0.717, 1.165) is 0 Å². The summed E-state index contributed by atoms with van der Waals surface area (Å²) in [6.45, 7) is 1.99. The van der Waals surface area contributed by atoms with Gasteiger partial charge in [-0.15, -0.1) is 0 Å². The molecule has 0 aliphatic heterocycles. The van der Waals surface area contributed by atoms with Gasteiger partial charge in [0.1, 0.15) is 0 Å². The third-order valence-electron chi connectivity index (χ3n) is 2.65. The summed E-state index contributed by atoms with van der Waals surface area (Å²) in [5.41, 5.74) is -0.744. The highest BCUT2D eigenvalue weighted by molar-refractivity contribution is 9.10. The number of halogens is 4. The van der Waals surface area contributed by atoms with Crippen LogP contribution in [-0.2, 0) is 0 Å². The van der Waals surface area contributed by atoms with E-state index in [9.17, 15) is 13.9 Å². The van der Waals surface area contributed by atoms with Gasteiger partial charge in [0.2, 0.25) is 0 Å². The Labute approximate surface area is 124 Å². The van der Waals surface area contributed by atoms with Gasteiger partial charge in [0.15, 0.2) is 5.75 Å². The largest absolute Gasteiger partial charge is 0.431 e. The lowest BCUT2D eigenvalue weighted by Crippen LogP contribution is -2.39. The summed E-state index contributed by atoms with van der Waals surface area (Å²) < 4.78 is 29.6. The van der Waals surface area contributed by atoms with Crippen molar-refractivity contribution in [3.63, 3.8) is 0 Å². The summed E-state index contributed by atoms with van der Waals surface area (Å²) >= 11 is 9.00. The van der Waals surface area contributed by atoms with Crippen molar-refractivity contribution in [3.8, 4) is 5.75 Å². The van der Waals surface area contributed by atoms with Gasteiger partial charge in [-0.3, -0.25) is 0 Å². The summed E-state index contributed by atoms with van der Waals surface area (Å²) in [6.07, 6.45) is 0. The molecule has 1 aromatic carbocycles. The summed E-state index contributed by atoms with van der Waals surface area (Å²) in [7, 11) is 0. The van der Waals surface area contributed by atoms with Gasteiger partial charge in [-0.05, 0) is 48.8 Å². The molecule has 1 rings (SSSR count). The van der Waals surface area contributed by atoms with E-state index in [1.54, 1.807) is 20.8 Å². The van der Waals surface area contributed by atoms with E-state index < -0.39 is 18.3 Å². The average molecular weight is 359 g/mol. The lowest BCUT2D eigenvalue weighted by molar-refractivity contribution is -0.0499. The van der Waals surface area contributed by atoms with Crippen LogP contribution in [0.1, 0.15) is 20.8 Å². The number of alkyl halides is 2. The standard InChI is InChI=1S/C12H15BrClF2NO2/c1-6(12(2,3)18)17-9-5-7(14)4-8(13)10(9)19-11(15)16/h4-6,11,17-18H,1-3H3. The van der Waals surface area contributed by atoms with E-state index in [0.29, 0.717) is 9.50 Å². The van der Waals surface area contributed by atoms with Crippen LogP contribution in [0.4, 0.5) is 14.5 Å². The van der Waals surface area contributed by atoms with Crippen LogP contribution in [0.25, 0.3) is 0 Å². The highest BCUT2D eigenvalue weighted by Gasteiger charge is 2.24. The predicted molar refractivity (Wildman–Crippen MR) is 75.2 cm³/mol. The van der Waals surface area contributed by atoms with Crippen LogP contribution in [0, 0.1) is 0 Å². The van der Waals surface area contributed by atoms with Gasteiger partial charge < -0.3 is 15.2 Å². The lowest BCUT2D eigenvalue weighted by atomic mass is 10.0. The number of nitrogens with one attached hydrogen (secondary N) is 1. The van der Waals surface area contributed by atoms with Gasteiger partial charge in [0.25, 0.3) is 0 Å². The Morgan fingerprint density at radius 1 is 1.42 bits per heavy atom. The molecule has 0 aliphatic rings. The number of benzene rings is 1. The zero-order valence-corrected chi connectivity index (χ0v) is 13.0. The van der Waals surface area contributed by atoms with E-state index >= 15 is 0 Å². The van der Waals surface area contributed by atoms with Gasteiger partial charge in [0.05, 0.1) is 21.8 Å². The summed E-state index contributed by atoms with van der Waals surface area (Å²) in [6, 6.07) is 2.53. The fourth-order valence-electron chi connectivity index (χ4n) is 1.29. The zero-order chi connectivity index (χ0) is 14.8. The van der Waals surface area contributed by atoms with E-state index in [1.807, 2.05) is 0 Å². The number of rotatable bonds is 5. The molecule has 1 aromatic rings. The molecule has 0 amide bonds. The van der Waals surface area contributed by atoms with Gasteiger partial charge in [0, 0.05) is 5.02 Å². The smallest absolute Gasteiger partial charge is 0.387 e. The molecule has 1 unspecified atom stereocenters. The van der Waals surface area contributed by atoms with Crippen molar-refractivity contribution in [1.29, 1.82) is 0 Å². The predicted octanol–water partition coefficient (Wildman–Crippen LogP) is 4.28. The van der Waals surface area contributed by atoms with E-state index in [-0.39, 0.29) is 11.4 Å². The molecule has 108 valence electrons. The lowest BCUT2D eigenvalue weighted by Gasteiger charge is -2.28. The molecule has 0 fully saturated rings. The van der Waals surface area contributed by atoms with Gasteiger partial charge in [-0.2, -0.15) is 8.78 Å². The Hall–Kier alpha value is -0.590. The Balaban J connectivity index is 3.10.